The molecule has 4 nitrogen and oxygen atoms in total. The maximum Gasteiger partial charge on any atom is 0.437 e. The van der Waals surface area contributed by atoms with E-state index in [9.17, 15) is 4.79 Å². The smallest absolute Gasteiger partial charge is 0.298 e. The summed E-state index contributed by atoms with van der Waals surface area (Å²) >= 11 is 11.8. The van der Waals surface area contributed by atoms with Crippen LogP contribution >= 0.6 is 23.2 Å². The molecule has 0 saturated heterocycles. The van der Waals surface area contributed by atoms with Crippen LogP contribution in [0, 0.1) is 0 Å². The van der Waals surface area contributed by atoms with E-state index in [1.807, 2.05) is 19.1 Å². The third-order valence-corrected chi connectivity index (χ3v) is 5.58. The van der Waals surface area contributed by atoms with E-state index < -0.39 is 6.09 Å². The van der Waals surface area contributed by atoms with Gasteiger partial charge in [-0.25, -0.2) is 4.79 Å². The summed E-state index contributed by atoms with van der Waals surface area (Å²) in [6.45, 7) is 1.81. The van der Waals surface area contributed by atoms with Crippen molar-refractivity contribution >= 4 is 40.7 Å². The van der Waals surface area contributed by atoms with Crippen molar-refractivity contribution in [1.82, 2.24) is 0 Å². The Morgan fingerprint density at radius 3 is 2.41 bits per heavy atom. The number of anilines is 1. The Hall–Kier alpha value is -2.04. The molecule has 1 N–H and O–H groups in total. The first-order valence-corrected chi connectivity index (χ1v) is 9.86. The van der Waals surface area contributed by atoms with Crippen molar-refractivity contribution in [1.29, 1.82) is 0 Å². The lowest BCUT2D eigenvalue weighted by Gasteiger charge is -2.22. The fourth-order valence-corrected chi connectivity index (χ4v) is 3.61. The molecule has 0 atom stereocenters. The highest BCUT2D eigenvalue weighted by Crippen LogP contribution is 2.32. The molecule has 3 rings (SSSR count). The van der Waals surface area contributed by atoms with Gasteiger partial charge in [0, 0.05) is 5.69 Å². The third-order valence-electron chi connectivity index (χ3n) is 4.84. The predicted molar refractivity (Wildman–Crippen MR) is 111 cm³/mol. The Balaban J connectivity index is 1.57. The Kier molecular flexibility index (Phi) is 6.75. The number of nitrogens with one attached hydrogen (secondary N) is 1. The van der Waals surface area contributed by atoms with Crippen LogP contribution in [0.3, 0.4) is 0 Å². The van der Waals surface area contributed by atoms with Gasteiger partial charge in [0.15, 0.2) is 0 Å². The number of hydrogen-bond donors (Lipinski definition) is 1. The van der Waals surface area contributed by atoms with Gasteiger partial charge in [0.25, 0.3) is 0 Å². The lowest BCUT2D eigenvalue weighted by molar-refractivity contribution is 0.166. The van der Waals surface area contributed by atoms with Crippen LogP contribution in [-0.4, -0.2) is 11.8 Å². The van der Waals surface area contributed by atoms with Crippen LogP contribution in [0.4, 0.5) is 10.5 Å². The van der Waals surface area contributed by atoms with E-state index in [0.29, 0.717) is 27.4 Å². The number of benzene rings is 2. The SMILES string of the molecule is CC(=NOC(=O)Nc1ccc(Cl)c(Cl)c1)c1ccc(C2CCCCC2)cc1. The Morgan fingerprint density at radius 1 is 1.04 bits per heavy atom. The highest BCUT2D eigenvalue weighted by atomic mass is 35.5. The number of oxime groups is 1. The normalized spacial score (nSPS) is 15.4. The minimum atomic E-state index is -0.688. The molecule has 1 amide bonds. The zero-order valence-corrected chi connectivity index (χ0v) is 16.7. The molecule has 0 bridgehead atoms. The molecule has 0 aromatic heterocycles. The molecule has 0 spiro atoms. The summed E-state index contributed by atoms with van der Waals surface area (Å²) < 4.78 is 0. The molecule has 1 saturated carbocycles. The standard InChI is InChI=1S/C21H22Cl2N2O2/c1-14(15-7-9-17(10-8-15)16-5-3-2-4-6-16)25-27-21(26)24-18-11-12-19(22)20(23)13-18/h7-13,16H,2-6H2,1H3,(H,24,26). The van der Waals surface area contributed by atoms with Crippen LogP contribution in [0.15, 0.2) is 47.6 Å². The van der Waals surface area contributed by atoms with Gasteiger partial charge in [0.2, 0.25) is 0 Å². The monoisotopic (exact) mass is 404 g/mol. The Morgan fingerprint density at radius 2 is 1.74 bits per heavy atom. The first kappa shape index (κ1) is 19.7. The van der Waals surface area contributed by atoms with Crippen molar-refractivity contribution < 1.29 is 9.63 Å². The van der Waals surface area contributed by atoms with Gasteiger partial charge in [-0.15, -0.1) is 0 Å². The largest absolute Gasteiger partial charge is 0.437 e. The number of hydrogen-bond acceptors (Lipinski definition) is 3. The van der Waals surface area contributed by atoms with Crippen molar-refractivity contribution in [2.24, 2.45) is 5.16 Å². The topological polar surface area (TPSA) is 50.7 Å². The first-order valence-electron chi connectivity index (χ1n) is 9.11. The van der Waals surface area contributed by atoms with Gasteiger partial charge >= 0.3 is 6.09 Å². The van der Waals surface area contributed by atoms with Gasteiger partial charge in [-0.1, -0.05) is 71.9 Å². The van der Waals surface area contributed by atoms with E-state index in [-0.39, 0.29) is 0 Å². The van der Waals surface area contributed by atoms with Gasteiger partial charge in [-0.05, 0) is 55.0 Å². The minimum Gasteiger partial charge on any atom is -0.298 e. The zero-order valence-electron chi connectivity index (χ0n) is 15.2. The predicted octanol–water partition coefficient (Wildman–Crippen LogP) is 7.01. The van der Waals surface area contributed by atoms with Crippen molar-refractivity contribution in [3.05, 3.63) is 63.6 Å². The van der Waals surface area contributed by atoms with E-state index in [1.54, 1.807) is 18.2 Å². The minimum absolute atomic E-state index is 0.354. The van der Waals surface area contributed by atoms with Gasteiger partial charge in [0.05, 0.1) is 15.8 Å². The average molecular weight is 405 g/mol. The molecule has 1 aliphatic carbocycles. The number of carbonyl (C=O) groups is 1. The summed E-state index contributed by atoms with van der Waals surface area (Å²) in [7, 11) is 0. The molecular weight excluding hydrogens is 383 g/mol. The average Bonchev–Trinajstić information content (AvgIpc) is 2.70. The number of amides is 1. The summed E-state index contributed by atoms with van der Waals surface area (Å²) in [5, 5.41) is 7.25. The lowest BCUT2D eigenvalue weighted by Crippen LogP contribution is -2.12. The molecular formula is C21H22Cl2N2O2. The number of halogens is 2. The van der Waals surface area contributed by atoms with Gasteiger partial charge in [0.1, 0.15) is 0 Å². The van der Waals surface area contributed by atoms with Crippen LogP contribution in [-0.2, 0) is 4.84 Å². The second-order valence-corrected chi connectivity index (χ2v) is 7.58. The highest BCUT2D eigenvalue weighted by molar-refractivity contribution is 6.42. The molecule has 2 aromatic carbocycles. The number of rotatable bonds is 4. The molecule has 27 heavy (non-hydrogen) atoms. The molecule has 0 unspecified atom stereocenters. The van der Waals surface area contributed by atoms with Crippen LogP contribution in [0.25, 0.3) is 0 Å². The van der Waals surface area contributed by atoms with Crippen LogP contribution in [0.1, 0.15) is 56.1 Å². The molecule has 0 radical (unpaired) electrons. The van der Waals surface area contributed by atoms with Crippen molar-refractivity contribution in [2.75, 3.05) is 5.32 Å². The number of carbonyl (C=O) groups excluding carboxylic acids is 1. The molecule has 6 heteroatoms. The Labute approximate surface area is 169 Å². The van der Waals surface area contributed by atoms with E-state index in [4.69, 9.17) is 28.0 Å². The maximum absolute atomic E-state index is 11.9. The van der Waals surface area contributed by atoms with Crippen LogP contribution < -0.4 is 5.32 Å². The molecule has 0 aliphatic heterocycles. The summed E-state index contributed by atoms with van der Waals surface area (Å²) in [4.78, 5) is 16.8. The van der Waals surface area contributed by atoms with E-state index >= 15 is 0 Å². The van der Waals surface area contributed by atoms with Gasteiger partial charge in [-0.2, -0.15) is 0 Å². The second kappa shape index (κ2) is 9.25. The summed E-state index contributed by atoms with van der Waals surface area (Å²) in [5.41, 5.74) is 3.43. The van der Waals surface area contributed by atoms with Crippen molar-refractivity contribution in [3.63, 3.8) is 0 Å². The van der Waals surface area contributed by atoms with Gasteiger partial charge in [-0.3, -0.25) is 10.2 Å². The summed E-state index contributed by atoms with van der Waals surface area (Å²) in [6.07, 6.45) is 5.83. The Bertz CT molecular complexity index is 829. The lowest BCUT2D eigenvalue weighted by atomic mass is 9.84. The molecule has 0 heterocycles. The fourth-order valence-electron chi connectivity index (χ4n) is 3.31. The molecule has 2 aromatic rings. The zero-order chi connectivity index (χ0) is 19.2. The quantitative estimate of drug-likeness (QED) is 0.338. The van der Waals surface area contributed by atoms with Crippen molar-refractivity contribution in [3.8, 4) is 0 Å². The summed E-state index contributed by atoms with van der Waals surface area (Å²) in [6, 6.07) is 13.1. The molecule has 142 valence electrons. The molecule has 1 fully saturated rings. The molecule has 1 aliphatic rings. The van der Waals surface area contributed by atoms with Gasteiger partial charge < -0.3 is 0 Å². The van der Waals surface area contributed by atoms with E-state index in [2.05, 4.69) is 22.6 Å². The fraction of sp³-hybridized carbons (Fsp3) is 0.333. The van der Waals surface area contributed by atoms with E-state index in [1.165, 1.54) is 37.7 Å². The van der Waals surface area contributed by atoms with E-state index in [0.717, 1.165) is 5.56 Å². The second-order valence-electron chi connectivity index (χ2n) is 6.77. The summed E-state index contributed by atoms with van der Waals surface area (Å²) in [5.74, 6) is 0.665. The maximum atomic E-state index is 11.9. The van der Waals surface area contributed by atoms with Crippen LogP contribution in [0.2, 0.25) is 10.0 Å². The third kappa shape index (κ3) is 5.47. The number of nitrogens with zero attached hydrogens (tertiary/aromatic N) is 1. The highest BCUT2D eigenvalue weighted by Gasteiger charge is 2.15. The van der Waals surface area contributed by atoms with Crippen LogP contribution in [0.5, 0.6) is 0 Å². The van der Waals surface area contributed by atoms with Crippen molar-refractivity contribution in [2.45, 2.75) is 44.9 Å². The first-order chi connectivity index (χ1) is 13.0.